The lowest BCUT2D eigenvalue weighted by atomic mass is 10.2. The van der Waals surface area contributed by atoms with Gasteiger partial charge in [-0.05, 0) is 12.1 Å². The van der Waals surface area contributed by atoms with Gasteiger partial charge in [-0.25, -0.2) is 4.98 Å². The Hall–Kier alpha value is -1.85. The van der Waals surface area contributed by atoms with Gasteiger partial charge in [0, 0.05) is 12.4 Å². The predicted octanol–water partition coefficient (Wildman–Crippen LogP) is 2.13. The molecule has 17 heavy (non-hydrogen) atoms. The van der Waals surface area contributed by atoms with Crippen LogP contribution in [0.2, 0.25) is 0 Å². The first-order valence-corrected chi connectivity index (χ1v) is 6.03. The van der Waals surface area contributed by atoms with Crippen molar-refractivity contribution in [2.45, 2.75) is 6.04 Å². The Morgan fingerprint density at radius 1 is 1.18 bits per heavy atom. The van der Waals surface area contributed by atoms with Crippen molar-refractivity contribution in [3.63, 3.8) is 0 Å². The summed E-state index contributed by atoms with van der Waals surface area (Å²) in [4.78, 5) is 12.7. The first kappa shape index (κ1) is 10.3. The van der Waals surface area contributed by atoms with E-state index < -0.39 is 0 Å². The van der Waals surface area contributed by atoms with Gasteiger partial charge in [0.2, 0.25) is 0 Å². The van der Waals surface area contributed by atoms with Crippen LogP contribution in [0, 0.1) is 0 Å². The lowest BCUT2D eigenvalue weighted by molar-refractivity contribution is 0.811. The summed E-state index contributed by atoms with van der Waals surface area (Å²) in [6, 6.07) is 7.69. The number of para-hydroxylation sites is 1. The summed E-state index contributed by atoms with van der Waals surface area (Å²) in [6.45, 7) is 0. The first-order chi connectivity index (χ1) is 8.34. The zero-order valence-corrected chi connectivity index (χ0v) is 9.76. The van der Waals surface area contributed by atoms with Crippen LogP contribution in [-0.2, 0) is 0 Å². The van der Waals surface area contributed by atoms with Crippen molar-refractivity contribution in [1.82, 2.24) is 15.0 Å². The fraction of sp³-hybridized carbons (Fsp3) is 0.0833. The van der Waals surface area contributed by atoms with E-state index in [2.05, 4.69) is 15.0 Å². The highest BCUT2D eigenvalue weighted by molar-refractivity contribution is 7.18. The number of nitrogens with two attached hydrogens (primary N) is 1. The molecule has 1 aromatic carbocycles. The minimum atomic E-state index is -0.305. The van der Waals surface area contributed by atoms with Crippen LogP contribution in [0.4, 0.5) is 0 Å². The Labute approximate surface area is 102 Å². The van der Waals surface area contributed by atoms with Crippen molar-refractivity contribution < 1.29 is 0 Å². The molecular formula is C12H10N4S. The molecule has 84 valence electrons. The molecular weight excluding hydrogens is 232 g/mol. The van der Waals surface area contributed by atoms with Crippen molar-refractivity contribution in [1.29, 1.82) is 0 Å². The Morgan fingerprint density at radius 3 is 2.82 bits per heavy atom. The third kappa shape index (κ3) is 1.90. The van der Waals surface area contributed by atoms with Crippen LogP contribution in [0.25, 0.3) is 10.2 Å². The average Bonchev–Trinajstić information content (AvgIpc) is 2.82. The fourth-order valence-corrected chi connectivity index (χ4v) is 2.60. The maximum Gasteiger partial charge on any atom is 0.117 e. The third-order valence-corrected chi connectivity index (χ3v) is 3.60. The molecule has 0 bridgehead atoms. The van der Waals surface area contributed by atoms with Crippen LogP contribution in [-0.4, -0.2) is 15.0 Å². The fourth-order valence-electron chi connectivity index (χ4n) is 1.62. The summed E-state index contributed by atoms with van der Waals surface area (Å²) in [7, 11) is 0. The standard InChI is InChI=1S/C12H10N4S/c13-11(9-7-14-5-6-15-9)12-16-8-3-1-2-4-10(8)17-12/h1-7,11H,13H2. The molecule has 0 spiro atoms. The number of aromatic nitrogens is 3. The van der Waals surface area contributed by atoms with Crippen LogP contribution in [0.3, 0.4) is 0 Å². The number of hydrogen-bond donors (Lipinski definition) is 1. The van der Waals surface area contributed by atoms with E-state index in [0.29, 0.717) is 0 Å². The van der Waals surface area contributed by atoms with Gasteiger partial charge in [0.05, 0.1) is 22.1 Å². The van der Waals surface area contributed by atoms with Gasteiger partial charge in [-0.2, -0.15) is 0 Å². The van der Waals surface area contributed by atoms with Crippen LogP contribution >= 0.6 is 11.3 Å². The van der Waals surface area contributed by atoms with Gasteiger partial charge in [-0.3, -0.25) is 9.97 Å². The second kappa shape index (κ2) is 4.20. The topological polar surface area (TPSA) is 64.7 Å². The molecule has 2 N–H and O–H groups in total. The highest BCUT2D eigenvalue weighted by Crippen LogP contribution is 2.27. The first-order valence-electron chi connectivity index (χ1n) is 5.21. The van der Waals surface area contributed by atoms with Crippen molar-refractivity contribution in [2.75, 3.05) is 0 Å². The second-order valence-electron chi connectivity index (χ2n) is 3.63. The summed E-state index contributed by atoms with van der Waals surface area (Å²) in [5.41, 5.74) is 7.85. The molecule has 1 unspecified atom stereocenters. The lowest BCUT2D eigenvalue weighted by Crippen LogP contribution is -2.13. The molecule has 0 aliphatic heterocycles. The molecule has 2 heterocycles. The monoisotopic (exact) mass is 242 g/mol. The van der Waals surface area contributed by atoms with Crippen molar-refractivity contribution in [3.8, 4) is 0 Å². The minimum absolute atomic E-state index is 0.305. The van der Waals surface area contributed by atoms with Gasteiger partial charge in [0.15, 0.2) is 0 Å². The molecule has 1 atom stereocenters. The van der Waals surface area contributed by atoms with E-state index in [0.717, 1.165) is 20.9 Å². The van der Waals surface area contributed by atoms with Crippen molar-refractivity contribution in [2.24, 2.45) is 5.73 Å². The smallest absolute Gasteiger partial charge is 0.117 e. The molecule has 0 aliphatic rings. The highest BCUT2D eigenvalue weighted by atomic mass is 32.1. The summed E-state index contributed by atoms with van der Waals surface area (Å²) < 4.78 is 1.14. The second-order valence-corrected chi connectivity index (χ2v) is 4.69. The molecule has 4 nitrogen and oxygen atoms in total. The molecule has 0 saturated heterocycles. The van der Waals surface area contributed by atoms with Crippen LogP contribution < -0.4 is 5.73 Å². The van der Waals surface area contributed by atoms with Crippen molar-refractivity contribution in [3.05, 3.63) is 53.6 Å². The Balaban J connectivity index is 2.04. The summed E-state index contributed by atoms with van der Waals surface area (Å²) >= 11 is 1.60. The molecule has 3 aromatic rings. The van der Waals surface area contributed by atoms with Crippen LogP contribution in [0.5, 0.6) is 0 Å². The number of thiazole rings is 1. The number of rotatable bonds is 2. The average molecular weight is 242 g/mol. The molecule has 0 amide bonds. The maximum absolute atomic E-state index is 6.13. The van der Waals surface area contributed by atoms with Gasteiger partial charge in [-0.1, -0.05) is 12.1 Å². The van der Waals surface area contributed by atoms with E-state index in [-0.39, 0.29) is 6.04 Å². The molecule has 2 aromatic heterocycles. The van der Waals surface area contributed by atoms with Crippen molar-refractivity contribution >= 4 is 21.6 Å². The van der Waals surface area contributed by atoms with E-state index in [4.69, 9.17) is 5.73 Å². The number of nitrogens with zero attached hydrogens (tertiary/aromatic N) is 3. The Kier molecular flexibility index (Phi) is 2.55. The molecule has 0 radical (unpaired) electrons. The number of fused-ring (bicyclic) bond motifs is 1. The zero-order chi connectivity index (χ0) is 11.7. The van der Waals surface area contributed by atoms with Gasteiger partial charge in [-0.15, -0.1) is 11.3 Å². The summed E-state index contributed by atoms with van der Waals surface area (Å²) in [5.74, 6) is 0. The van der Waals surface area contributed by atoms with Gasteiger partial charge < -0.3 is 5.73 Å². The van der Waals surface area contributed by atoms with Gasteiger partial charge in [0.1, 0.15) is 11.0 Å². The normalized spacial score (nSPS) is 12.8. The molecule has 0 fully saturated rings. The molecule has 0 aliphatic carbocycles. The predicted molar refractivity (Wildman–Crippen MR) is 67.7 cm³/mol. The quantitative estimate of drug-likeness (QED) is 0.747. The number of benzene rings is 1. The van der Waals surface area contributed by atoms with E-state index in [9.17, 15) is 0 Å². The summed E-state index contributed by atoms with van der Waals surface area (Å²) in [5, 5.41) is 0.867. The number of hydrogen-bond acceptors (Lipinski definition) is 5. The Bertz CT molecular complexity index is 602. The van der Waals surface area contributed by atoms with Gasteiger partial charge in [0.25, 0.3) is 0 Å². The Morgan fingerprint density at radius 2 is 2.06 bits per heavy atom. The molecule has 3 rings (SSSR count). The van der Waals surface area contributed by atoms with Crippen LogP contribution in [0.1, 0.15) is 16.7 Å². The highest BCUT2D eigenvalue weighted by Gasteiger charge is 2.14. The minimum Gasteiger partial charge on any atom is -0.317 e. The SMILES string of the molecule is NC(c1cnccn1)c1nc2ccccc2s1. The lowest BCUT2D eigenvalue weighted by Gasteiger charge is -2.05. The molecule has 5 heteroatoms. The third-order valence-electron chi connectivity index (χ3n) is 2.48. The molecule has 0 saturated carbocycles. The van der Waals surface area contributed by atoms with Crippen LogP contribution in [0.15, 0.2) is 42.9 Å². The summed E-state index contributed by atoms with van der Waals surface area (Å²) in [6.07, 6.45) is 4.95. The van der Waals surface area contributed by atoms with E-state index in [1.165, 1.54) is 0 Å². The van der Waals surface area contributed by atoms with E-state index >= 15 is 0 Å². The zero-order valence-electron chi connectivity index (χ0n) is 8.95. The van der Waals surface area contributed by atoms with Gasteiger partial charge >= 0.3 is 0 Å². The van der Waals surface area contributed by atoms with E-state index in [1.807, 2.05) is 24.3 Å². The maximum atomic E-state index is 6.13. The van der Waals surface area contributed by atoms with E-state index in [1.54, 1.807) is 29.9 Å². The largest absolute Gasteiger partial charge is 0.317 e.